The summed E-state index contributed by atoms with van der Waals surface area (Å²) in [4.78, 5) is 12.6. The fourth-order valence-electron chi connectivity index (χ4n) is 1.77. The van der Waals surface area contributed by atoms with Gasteiger partial charge in [0.1, 0.15) is 5.82 Å². The second kappa shape index (κ2) is 7.13. The topological polar surface area (TPSA) is 55.1 Å². The third kappa shape index (κ3) is 4.89. The molecule has 0 radical (unpaired) electrons. The number of benzene rings is 2. The maximum Gasteiger partial charge on any atom is 0.234 e. The van der Waals surface area contributed by atoms with E-state index in [1.807, 2.05) is 25.1 Å². The average molecular weight is 416 g/mol. The number of aryl methyl sites for hydroxylation is 1. The van der Waals surface area contributed by atoms with Crippen LogP contribution in [0, 0.1) is 16.3 Å². The van der Waals surface area contributed by atoms with Crippen LogP contribution in [0.5, 0.6) is 0 Å². The maximum atomic E-state index is 13.2. The van der Waals surface area contributed by atoms with Crippen molar-refractivity contribution in [2.24, 2.45) is 0 Å². The van der Waals surface area contributed by atoms with Crippen LogP contribution in [0.15, 0.2) is 41.3 Å². The number of rotatable bonds is 4. The van der Waals surface area contributed by atoms with E-state index in [0.717, 1.165) is 14.8 Å². The molecular weight excluding hydrogens is 402 g/mol. The van der Waals surface area contributed by atoms with Gasteiger partial charge in [0.25, 0.3) is 0 Å². The Labute approximate surface area is 140 Å². The summed E-state index contributed by atoms with van der Waals surface area (Å²) in [5.74, 6) is -0.326. The van der Waals surface area contributed by atoms with E-state index < -0.39 is 5.82 Å². The summed E-state index contributed by atoms with van der Waals surface area (Å²) in [7, 11) is 0. The lowest BCUT2D eigenvalue weighted by Crippen LogP contribution is -2.14. The number of halogens is 2. The number of carbonyl (C=O) groups excluding carboxylic acids is 1. The van der Waals surface area contributed by atoms with Gasteiger partial charge in [-0.05, 0) is 71.5 Å². The Bertz CT molecular complexity index is 658. The molecule has 110 valence electrons. The predicted octanol–water partition coefficient (Wildman–Crippen LogP) is 4.05. The molecule has 1 amide bonds. The molecule has 0 saturated heterocycles. The minimum Gasteiger partial charge on any atom is -0.399 e. The highest BCUT2D eigenvalue weighted by molar-refractivity contribution is 14.1. The highest BCUT2D eigenvalue weighted by Gasteiger charge is 2.07. The minimum atomic E-state index is -0.397. The molecule has 0 aliphatic carbocycles. The van der Waals surface area contributed by atoms with E-state index in [9.17, 15) is 9.18 Å². The van der Waals surface area contributed by atoms with Crippen molar-refractivity contribution in [1.82, 2.24) is 0 Å². The van der Waals surface area contributed by atoms with Crippen molar-refractivity contribution in [1.29, 1.82) is 0 Å². The Morgan fingerprint density at radius 2 is 2.10 bits per heavy atom. The molecule has 0 saturated carbocycles. The van der Waals surface area contributed by atoms with Crippen molar-refractivity contribution < 1.29 is 9.18 Å². The molecule has 0 atom stereocenters. The van der Waals surface area contributed by atoms with Gasteiger partial charge in [0.15, 0.2) is 0 Å². The number of thioether (sulfide) groups is 1. The molecule has 0 heterocycles. The van der Waals surface area contributed by atoms with Gasteiger partial charge in [-0.3, -0.25) is 4.79 Å². The third-order valence-electron chi connectivity index (χ3n) is 2.73. The molecule has 3 nitrogen and oxygen atoms in total. The van der Waals surface area contributed by atoms with E-state index in [2.05, 4.69) is 27.9 Å². The van der Waals surface area contributed by atoms with Crippen LogP contribution in [0.4, 0.5) is 15.8 Å². The SMILES string of the molecule is Cc1cc(I)ccc1NC(=O)CSc1cc(N)cc(F)c1. The van der Waals surface area contributed by atoms with Crippen LogP contribution in [0.3, 0.4) is 0 Å². The zero-order valence-corrected chi connectivity index (χ0v) is 14.3. The highest BCUT2D eigenvalue weighted by Crippen LogP contribution is 2.23. The summed E-state index contributed by atoms with van der Waals surface area (Å²) in [6.45, 7) is 1.94. The van der Waals surface area contributed by atoms with Crippen LogP contribution in [-0.4, -0.2) is 11.7 Å². The summed E-state index contributed by atoms with van der Waals surface area (Å²) in [6, 6.07) is 10.1. The molecule has 21 heavy (non-hydrogen) atoms. The standard InChI is InChI=1S/C15H14FIN2OS/c1-9-4-11(17)2-3-14(9)19-15(20)8-21-13-6-10(16)5-12(18)7-13/h2-7H,8,18H2,1H3,(H,19,20). The van der Waals surface area contributed by atoms with Crippen LogP contribution in [0.1, 0.15) is 5.56 Å². The van der Waals surface area contributed by atoms with Crippen molar-refractivity contribution in [2.45, 2.75) is 11.8 Å². The van der Waals surface area contributed by atoms with E-state index in [4.69, 9.17) is 5.73 Å². The van der Waals surface area contributed by atoms with Gasteiger partial charge in [0, 0.05) is 19.8 Å². The van der Waals surface area contributed by atoms with Gasteiger partial charge in [-0.1, -0.05) is 0 Å². The fraction of sp³-hybridized carbons (Fsp3) is 0.133. The molecule has 0 unspecified atom stereocenters. The zero-order valence-electron chi connectivity index (χ0n) is 11.3. The Balaban J connectivity index is 1.95. The number of hydrogen-bond acceptors (Lipinski definition) is 3. The van der Waals surface area contributed by atoms with Gasteiger partial charge in [-0.15, -0.1) is 11.8 Å². The van der Waals surface area contributed by atoms with Crippen molar-refractivity contribution in [2.75, 3.05) is 16.8 Å². The Morgan fingerprint density at radius 3 is 2.76 bits per heavy atom. The lowest BCUT2D eigenvalue weighted by atomic mass is 10.2. The summed E-state index contributed by atoms with van der Waals surface area (Å²) in [5, 5.41) is 2.85. The lowest BCUT2D eigenvalue weighted by Gasteiger charge is -2.09. The molecule has 6 heteroatoms. The van der Waals surface area contributed by atoms with Crippen LogP contribution in [-0.2, 0) is 4.79 Å². The van der Waals surface area contributed by atoms with E-state index >= 15 is 0 Å². The summed E-state index contributed by atoms with van der Waals surface area (Å²) in [5.41, 5.74) is 7.72. The predicted molar refractivity (Wildman–Crippen MR) is 94.1 cm³/mol. The van der Waals surface area contributed by atoms with Gasteiger partial charge in [-0.25, -0.2) is 4.39 Å². The number of nitrogens with one attached hydrogen (secondary N) is 1. The first-order chi connectivity index (χ1) is 9.94. The molecule has 0 bridgehead atoms. The number of nitrogen functional groups attached to an aromatic ring is 1. The summed E-state index contributed by atoms with van der Waals surface area (Å²) >= 11 is 3.47. The van der Waals surface area contributed by atoms with E-state index in [1.165, 1.54) is 23.9 Å². The quantitative estimate of drug-likeness (QED) is 0.449. The number of nitrogens with two attached hydrogens (primary N) is 1. The molecule has 0 spiro atoms. The summed E-state index contributed by atoms with van der Waals surface area (Å²) < 4.78 is 14.3. The van der Waals surface area contributed by atoms with Crippen LogP contribution in [0.2, 0.25) is 0 Å². The second-order valence-corrected chi connectivity index (χ2v) is 6.81. The smallest absolute Gasteiger partial charge is 0.234 e. The number of hydrogen-bond donors (Lipinski definition) is 2. The Morgan fingerprint density at radius 1 is 1.33 bits per heavy atom. The number of anilines is 2. The first-order valence-corrected chi connectivity index (χ1v) is 8.25. The molecule has 0 aromatic heterocycles. The van der Waals surface area contributed by atoms with Gasteiger partial charge >= 0.3 is 0 Å². The maximum absolute atomic E-state index is 13.2. The monoisotopic (exact) mass is 416 g/mol. The molecule has 0 aliphatic rings. The minimum absolute atomic E-state index is 0.132. The third-order valence-corrected chi connectivity index (χ3v) is 4.37. The van der Waals surface area contributed by atoms with Crippen molar-refractivity contribution >= 4 is 51.6 Å². The number of amides is 1. The molecule has 0 fully saturated rings. The second-order valence-electron chi connectivity index (χ2n) is 4.52. The molecule has 2 aromatic rings. The Kier molecular flexibility index (Phi) is 5.46. The van der Waals surface area contributed by atoms with E-state index in [1.54, 1.807) is 6.07 Å². The van der Waals surface area contributed by atoms with Crippen molar-refractivity contribution in [3.8, 4) is 0 Å². The van der Waals surface area contributed by atoms with Gasteiger partial charge in [-0.2, -0.15) is 0 Å². The van der Waals surface area contributed by atoms with Crippen LogP contribution in [0.25, 0.3) is 0 Å². The zero-order chi connectivity index (χ0) is 15.4. The first-order valence-electron chi connectivity index (χ1n) is 6.19. The van der Waals surface area contributed by atoms with Gasteiger partial charge in [0.2, 0.25) is 5.91 Å². The first kappa shape index (κ1) is 16.1. The Hall–Kier alpha value is -1.28. The molecule has 0 aliphatic heterocycles. The van der Waals surface area contributed by atoms with Gasteiger partial charge in [0.05, 0.1) is 5.75 Å². The molecule has 2 rings (SSSR count). The summed E-state index contributed by atoms with van der Waals surface area (Å²) in [6.07, 6.45) is 0. The molecule has 2 aromatic carbocycles. The highest BCUT2D eigenvalue weighted by atomic mass is 127. The normalized spacial score (nSPS) is 10.4. The average Bonchev–Trinajstić information content (AvgIpc) is 2.39. The van der Waals surface area contributed by atoms with E-state index in [0.29, 0.717) is 10.6 Å². The van der Waals surface area contributed by atoms with Crippen LogP contribution >= 0.6 is 34.4 Å². The molecular formula is C15H14FIN2OS. The number of carbonyl (C=O) groups is 1. The van der Waals surface area contributed by atoms with E-state index in [-0.39, 0.29) is 11.7 Å². The van der Waals surface area contributed by atoms with Gasteiger partial charge < -0.3 is 11.1 Å². The van der Waals surface area contributed by atoms with Crippen molar-refractivity contribution in [3.63, 3.8) is 0 Å². The lowest BCUT2D eigenvalue weighted by molar-refractivity contribution is -0.113. The fourth-order valence-corrected chi connectivity index (χ4v) is 3.20. The molecule has 3 N–H and O–H groups in total. The largest absolute Gasteiger partial charge is 0.399 e. The van der Waals surface area contributed by atoms with Crippen molar-refractivity contribution in [3.05, 3.63) is 51.3 Å². The van der Waals surface area contributed by atoms with Crippen LogP contribution < -0.4 is 11.1 Å².